The van der Waals surface area contributed by atoms with Crippen molar-refractivity contribution in [2.75, 3.05) is 5.32 Å². The molecule has 0 saturated carbocycles. The van der Waals surface area contributed by atoms with Crippen LogP contribution in [0.4, 0.5) is 5.69 Å². The van der Waals surface area contributed by atoms with Gasteiger partial charge in [-0.1, -0.05) is 42.5 Å². The molecule has 0 amide bonds. The number of rotatable bonds is 1. The Balaban J connectivity index is 1.61. The Labute approximate surface area is 119 Å². The average molecular weight is 265 g/mol. The van der Waals surface area contributed by atoms with E-state index in [0.29, 0.717) is 0 Å². The van der Waals surface area contributed by atoms with Crippen LogP contribution in [0.3, 0.4) is 0 Å². The molecule has 20 heavy (non-hydrogen) atoms. The summed E-state index contributed by atoms with van der Waals surface area (Å²) in [6, 6.07) is 17.0. The van der Waals surface area contributed by atoms with Gasteiger partial charge in [0.25, 0.3) is 0 Å². The van der Waals surface area contributed by atoms with E-state index in [-0.39, 0.29) is 6.04 Å². The summed E-state index contributed by atoms with van der Waals surface area (Å²) in [5.74, 6) is 0. The molecule has 1 aliphatic carbocycles. The molecule has 0 radical (unpaired) electrons. The van der Waals surface area contributed by atoms with E-state index in [1.54, 1.807) is 0 Å². The number of hydrogen-bond acceptors (Lipinski definition) is 2. The summed E-state index contributed by atoms with van der Waals surface area (Å²) in [6.45, 7) is 0. The van der Waals surface area contributed by atoms with Crippen molar-refractivity contribution in [1.29, 1.82) is 0 Å². The summed E-state index contributed by atoms with van der Waals surface area (Å²) < 4.78 is 0. The second kappa shape index (κ2) is 4.35. The molecule has 2 aromatic rings. The zero-order valence-corrected chi connectivity index (χ0v) is 11.5. The number of benzene rings is 2. The summed E-state index contributed by atoms with van der Waals surface area (Å²) in [5, 5.41) is 14.7. The van der Waals surface area contributed by atoms with Crippen LogP contribution in [0.5, 0.6) is 0 Å². The van der Waals surface area contributed by atoms with Crippen LogP contribution in [-0.4, -0.2) is 16.7 Å². The third kappa shape index (κ3) is 1.83. The molecule has 0 spiro atoms. The summed E-state index contributed by atoms with van der Waals surface area (Å²) in [7, 11) is 0. The SMILES string of the molecule is OC1(C2CCc3ccccc3N2)Cc2ccccc2C1. The highest BCUT2D eigenvalue weighted by atomic mass is 16.3. The minimum Gasteiger partial charge on any atom is -0.387 e. The third-order valence-corrected chi connectivity index (χ3v) is 4.81. The second-order valence-electron chi connectivity index (χ2n) is 6.12. The predicted octanol–water partition coefficient (Wildman–Crippen LogP) is 2.94. The van der Waals surface area contributed by atoms with Crippen LogP contribution < -0.4 is 5.32 Å². The molecule has 0 bridgehead atoms. The van der Waals surface area contributed by atoms with Gasteiger partial charge in [0.2, 0.25) is 0 Å². The zero-order chi connectivity index (χ0) is 13.6. The van der Waals surface area contributed by atoms with Gasteiger partial charge in [0.05, 0.1) is 11.6 Å². The molecular weight excluding hydrogens is 246 g/mol. The van der Waals surface area contributed by atoms with Crippen LogP contribution in [-0.2, 0) is 19.3 Å². The number of fused-ring (bicyclic) bond motifs is 2. The quantitative estimate of drug-likeness (QED) is 0.831. The van der Waals surface area contributed by atoms with E-state index in [1.807, 2.05) is 0 Å². The first-order chi connectivity index (χ1) is 9.74. The van der Waals surface area contributed by atoms with Crippen molar-refractivity contribution in [3.63, 3.8) is 0 Å². The standard InChI is InChI=1S/C18H19NO/c20-18(11-14-6-1-2-7-15(14)12-18)17-10-9-13-5-3-4-8-16(13)19-17/h1-8,17,19-20H,9-12H2. The monoisotopic (exact) mass is 265 g/mol. The van der Waals surface area contributed by atoms with Crippen molar-refractivity contribution in [2.45, 2.75) is 37.3 Å². The molecule has 2 nitrogen and oxygen atoms in total. The van der Waals surface area contributed by atoms with E-state index < -0.39 is 5.60 Å². The number of aryl methyl sites for hydroxylation is 1. The van der Waals surface area contributed by atoms with Crippen molar-refractivity contribution in [3.8, 4) is 0 Å². The van der Waals surface area contributed by atoms with Crippen LogP contribution in [0.25, 0.3) is 0 Å². The Morgan fingerprint density at radius 3 is 2.20 bits per heavy atom. The lowest BCUT2D eigenvalue weighted by Crippen LogP contribution is -2.49. The summed E-state index contributed by atoms with van der Waals surface area (Å²) in [4.78, 5) is 0. The van der Waals surface area contributed by atoms with Gasteiger partial charge in [0, 0.05) is 18.5 Å². The Kier molecular flexibility index (Phi) is 2.61. The number of anilines is 1. The maximum absolute atomic E-state index is 11.1. The van der Waals surface area contributed by atoms with Crippen molar-refractivity contribution in [2.24, 2.45) is 0 Å². The molecule has 0 aromatic heterocycles. The van der Waals surface area contributed by atoms with Gasteiger partial charge in [-0.05, 0) is 35.6 Å². The maximum atomic E-state index is 11.1. The average Bonchev–Trinajstić information content (AvgIpc) is 2.84. The molecule has 0 fully saturated rings. The van der Waals surface area contributed by atoms with Gasteiger partial charge >= 0.3 is 0 Å². The first-order valence-corrected chi connectivity index (χ1v) is 7.38. The number of aliphatic hydroxyl groups is 1. The minimum absolute atomic E-state index is 0.143. The molecule has 1 heterocycles. The van der Waals surface area contributed by atoms with Crippen molar-refractivity contribution >= 4 is 5.69 Å². The highest BCUT2D eigenvalue weighted by Crippen LogP contribution is 2.37. The zero-order valence-electron chi connectivity index (χ0n) is 11.5. The Bertz CT molecular complexity index is 624. The van der Waals surface area contributed by atoms with E-state index in [0.717, 1.165) is 25.7 Å². The molecule has 1 atom stereocenters. The molecule has 2 aliphatic rings. The molecular formula is C18H19NO. The van der Waals surface area contributed by atoms with Crippen molar-refractivity contribution in [1.82, 2.24) is 0 Å². The second-order valence-corrected chi connectivity index (χ2v) is 6.12. The lowest BCUT2D eigenvalue weighted by Gasteiger charge is -2.37. The Morgan fingerprint density at radius 1 is 0.900 bits per heavy atom. The first kappa shape index (κ1) is 12.0. The highest BCUT2D eigenvalue weighted by molar-refractivity contribution is 5.55. The Morgan fingerprint density at radius 2 is 1.50 bits per heavy atom. The van der Waals surface area contributed by atoms with E-state index in [4.69, 9.17) is 0 Å². The van der Waals surface area contributed by atoms with E-state index in [2.05, 4.69) is 53.8 Å². The van der Waals surface area contributed by atoms with E-state index in [1.165, 1.54) is 22.4 Å². The first-order valence-electron chi connectivity index (χ1n) is 7.38. The topological polar surface area (TPSA) is 32.3 Å². The van der Waals surface area contributed by atoms with Gasteiger partial charge in [0.15, 0.2) is 0 Å². The van der Waals surface area contributed by atoms with Crippen LogP contribution in [0, 0.1) is 0 Å². The summed E-state index contributed by atoms with van der Waals surface area (Å²) >= 11 is 0. The molecule has 102 valence electrons. The third-order valence-electron chi connectivity index (χ3n) is 4.81. The molecule has 2 heteroatoms. The smallest absolute Gasteiger partial charge is 0.0928 e. The van der Waals surface area contributed by atoms with Crippen LogP contribution in [0.1, 0.15) is 23.1 Å². The number of para-hydroxylation sites is 1. The van der Waals surface area contributed by atoms with Gasteiger partial charge in [-0.3, -0.25) is 0 Å². The van der Waals surface area contributed by atoms with Gasteiger partial charge in [0.1, 0.15) is 0 Å². The van der Waals surface area contributed by atoms with Gasteiger partial charge in [-0.15, -0.1) is 0 Å². The summed E-state index contributed by atoms with van der Waals surface area (Å²) in [6.07, 6.45) is 3.58. The van der Waals surface area contributed by atoms with Crippen LogP contribution in [0.15, 0.2) is 48.5 Å². The molecule has 0 saturated heterocycles. The largest absolute Gasteiger partial charge is 0.387 e. The number of nitrogens with one attached hydrogen (secondary N) is 1. The molecule has 1 aliphatic heterocycles. The Hall–Kier alpha value is -1.80. The fourth-order valence-electron chi connectivity index (χ4n) is 3.71. The van der Waals surface area contributed by atoms with Crippen molar-refractivity contribution in [3.05, 3.63) is 65.2 Å². The molecule has 4 rings (SSSR count). The maximum Gasteiger partial charge on any atom is 0.0928 e. The summed E-state index contributed by atoms with van der Waals surface area (Å²) in [5.41, 5.74) is 4.51. The fourth-order valence-corrected chi connectivity index (χ4v) is 3.71. The van der Waals surface area contributed by atoms with Crippen molar-refractivity contribution < 1.29 is 5.11 Å². The molecule has 2 aromatic carbocycles. The molecule has 2 N–H and O–H groups in total. The lowest BCUT2D eigenvalue weighted by molar-refractivity contribution is 0.0276. The van der Waals surface area contributed by atoms with Gasteiger partial charge in [-0.25, -0.2) is 0 Å². The predicted molar refractivity (Wildman–Crippen MR) is 81.0 cm³/mol. The lowest BCUT2D eigenvalue weighted by atomic mass is 9.84. The highest BCUT2D eigenvalue weighted by Gasteiger charge is 2.43. The van der Waals surface area contributed by atoms with E-state index in [9.17, 15) is 5.11 Å². The van der Waals surface area contributed by atoms with Crippen LogP contribution >= 0.6 is 0 Å². The van der Waals surface area contributed by atoms with Crippen LogP contribution in [0.2, 0.25) is 0 Å². The molecule has 1 unspecified atom stereocenters. The van der Waals surface area contributed by atoms with Gasteiger partial charge in [-0.2, -0.15) is 0 Å². The number of hydrogen-bond donors (Lipinski definition) is 2. The fraction of sp³-hybridized carbons (Fsp3) is 0.333. The normalized spacial score (nSPS) is 22.8. The van der Waals surface area contributed by atoms with E-state index >= 15 is 0 Å². The minimum atomic E-state index is -0.642. The van der Waals surface area contributed by atoms with Gasteiger partial charge < -0.3 is 10.4 Å².